The molecule has 1 atom stereocenters. The first-order valence-corrected chi connectivity index (χ1v) is 9.33. The van der Waals surface area contributed by atoms with Crippen molar-refractivity contribution in [1.29, 1.82) is 0 Å². The van der Waals surface area contributed by atoms with Gasteiger partial charge in [0.25, 0.3) is 11.5 Å². The summed E-state index contributed by atoms with van der Waals surface area (Å²) in [7, 11) is 0. The van der Waals surface area contributed by atoms with Crippen LogP contribution in [-0.2, 0) is 4.79 Å². The van der Waals surface area contributed by atoms with Gasteiger partial charge in [0.15, 0.2) is 5.56 Å². The molecule has 1 aliphatic carbocycles. The zero-order valence-electron chi connectivity index (χ0n) is 15.8. The van der Waals surface area contributed by atoms with Gasteiger partial charge in [0.05, 0.1) is 5.52 Å². The number of aliphatic carboxylic acids is 1. The van der Waals surface area contributed by atoms with E-state index in [1.807, 2.05) is 13.8 Å². The third kappa shape index (κ3) is 4.11. The molecule has 0 saturated heterocycles. The number of rotatable bonds is 8. The van der Waals surface area contributed by atoms with Gasteiger partial charge < -0.3 is 20.4 Å². The van der Waals surface area contributed by atoms with E-state index < -0.39 is 34.8 Å². The normalized spacial score (nSPS) is 14.8. The number of fused-ring (bicyclic) bond motifs is 1. The highest BCUT2D eigenvalue weighted by atomic mass is 16.7. The molecule has 1 fully saturated rings. The third-order valence-corrected chi connectivity index (χ3v) is 4.69. The summed E-state index contributed by atoms with van der Waals surface area (Å²) in [5, 5.41) is 22.5. The molecule has 28 heavy (non-hydrogen) atoms. The monoisotopic (exact) mass is 388 g/mol. The van der Waals surface area contributed by atoms with Crippen LogP contribution < -0.4 is 15.7 Å². The van der Waals surface area contributed by atoms with Crippen molar-refractivity contribution in [3.05, 3.63) is 40.2 Å². The van der Waals surface area contributed by atoms with Crippen molar-refractivity contribution in [2.45, 2.75) is 39.2 Å². The molecule has 1 unspecified atom stereocenters. The fourth-order valence-electron chi connectivity index (χ4n) is 3.02. The van der Waals surface area contributed by atoms with Crippen LogP contribution in [0.2, 0.25) is 0 Å². The summed E-state index contributed by atoms with van der Waals surface area (Å²) in [6.45, 7) is 3.99. The van der Waals surface area contributed by atoms with E-state index in [2.05, 4.69) is 5.32 Å². The Kier molecular flexibility index (Phi) is 5.58. The number of benzene rings is 1. The summed E-state index contributed by atoms with van der Waals surface area (Å²) in [5.74, 6) is -2.24. The van der Waals surface area contributed by atoms with Crippen molar-refractivity contribution in [1.82, 2.24) is 10.0 Å². The maximum atomic E-state index is 12.9. The van der Waals surface area contributed by atoms with Gasteiger partial charge in [-0.05, 0) is 43.2 Å². The standard InChI is InChI=1S/C20H24N2O6/c1-11(2)9-14(20(26)27)21-18(24)16-17(23)13-5-3-4-6-15(13)22(19(16)25)28-10-12-7-8-12/h3-6,11-12,14,23H,7-10H2,1-2H3,(H,21,24)(H,26,27). The van der Waals surface area contributed by atoms with Crippen molar-refractivity contribution in [3.8, 4) is 5.75 Å². The van der Waals surface area contributed by atoms with Gasteiger partial charge in [0.2, 0.25) is 0 Å². The number of hydrogen-bond donors (Lipinski definition) is 3. The van der Waals surface area contributed by atoms with Crippen molar-refractivity contribution in [3.63, 3.8) is 0 Å². The molecule has 2 aromatic rings. The summed E-state index contributed by atoms with van der Waals surface area (Å²) >= 11 is 0. The van der Waals surface area contributed by atoms with Crippen molar-refractivity contribution in [2.24, 2.45) is 11.8 Å². The molecule has 8 nitrogen and oxygen atoms in total. The number of carbonyl (C=O) groups excluding carboxylic acids is 1. The number of nitrogens with zero attached hydrogens (tertiary/aromatic N) is 1. The minimum absolute atomic E-state index is 0.0186. The van der Waals surface area contributed by atoms with Gasteiger partial charge in [-0.3, -0.25) is 9.59 Å². The maximum absolute atomic E-state index is 12.9. The van der Waals surface area contributed by atoms with Gasteiger partial charge in [-0.1, -0.05) is 26.0 Å². The Morgan fingerprint density at radius 1 is 1.29 bits per heavy atom. The largest absolute Gasteiger partial charge is 0.506 e. The van der Waals surface area contributed by atoms with Gasteiger partial charge in [0.1, 0.15) is 18.4 Å². The highest BCUT2D eigenvalue weighted by Gasteiger charge is 2.29. The van der Waals surface area contributed by atoms with Crippen LogP contribution >= 0.6 is 0 Å². The number of carboxylic acid groups (broad SMARTS) is 1. The van der Waals surface area contributed by atoms with Gasteiger partial charge in [0, 0.05) is 5.39 Å². The lowest BCUT2D eigenvalue weighted by atomic mass is 10.0. The van der Waals surface area contributed by atoms with E-state index in [9.17, 15) is 24.6 Å². The lowest BCUT2D eigenvalue weighted by Gasteiger charge is -2.18. The number of carboxylic acids is 1. The number of carbonyl (C=O) groups is 2. The Labute approximate surface area is 161 Å². The second kappa shape index (κ2) is 7.92. The molecular weight excluding hydrogens is 364 g/mol. The summed E-state index contributed by atoms with van der Waals surface area (Å²) in [6.07, 6.45) is 2.24. The molecule has 0 aliphatic heterocycles. The number of aromatic nitrogens is 1. The van der Waals surface area contributed by atoms with E-state index in [0.717, 1.165) is 17.6 Å². The van der Waals surface area contributed by atoms with Crippen molar-refractivity contribution in [2.75, 3.05) is 6.61 Å². The molecule has 1 aliphatic rings. The van der Waals surface area contributed by atoms with E-state index in [0.29, 0.717) is 18.0 Å². The van der Waals surface area contributed by atoms with Crippen LogP contribution in [0.15, 0.2) is 29.1 Å². The van der Waals surface area contributed by atoms with Gasteiger partial charge in [-0.2, -0.15) is 0 Å². The maximum Gasteiger partial charge on any atom is 0.326 e. The Morgan fingerprint density at radius 3 is 2.57 bits per heavy atom. The Hall–Kier alpha value is -3.03. The van der Waals surface area contributed by atoms with E-state index in [4.69, 9.17) is 4.84 Å². The minimum atomic E-state index is -1.20. The quantitative estimate of drug-likeness (QED) is 0.634. The highest BCUT2D eigenvalue weighted by Crippen LogP contribution is 2.29. The molecule has 1 aromatic heterocycles. The van der Waals surface area contributed by atoms with Gasteiger partial charge in [-0.15, -0.1) is 4.73 Å². The molecule has 150 valence electrons. The molecule has 3 N–H and O–H groups in total. The molecule has 3 rings (SSSR count). The Balaban J connectivity index is 2.02. The van der Waals surface area contributed by atoms with Crippen LogP contribution in [0.3, 0.4) is 0 Å². The molecule has 1 heterocycles. The van der Waals surface area contributed by atoms with Crippen LogP contribution in [-0.4, -0.2) is 39.5 Å². The molecule has 1 aromatic carbocycles. The number of nitrogens with one attached hydrogen (secondary N) is 1. The fraction of sp³-hybridized carbons (Fsp3) is 0.450. The fourth-order valence-corrected chi connectivity index (χ4v) is 3.02. The van der Waals surface area contributed by atoms with Crippen LogP contribution in [0, 0.1) is 11.8 Å². The van der Waals surface area contributed by atoms with E-state index >= 15 is 0 Å². The van der Waals surface area contributed by atoms with Crippen LogP contribution in [0.5, 0.6) is 5.75 Å². The number of aromatic hydroxyl groups is 1. The topological polar surface area (TPSA) is 118 Å². The first-order chi connectivity index (χ1) is 13.3. The highest BCUT2D eigenvalue weighted by molar-refractivity contribution is 6.03. The van der Waals surface area contributed by atoms with Crippen LogP contribution in [0.4, 0.5) is 0 Å². The lowest BCUT2D eigenvalue weighted by Crippen LogP contribution is -2.44. The smallest absolute Gasteiger partial charge is 0.326 e. The number of para-hydroxylation sites is 1. The van der Waals surface area contributed by atoms with Gasteiger partial charge >= 0.3 is 5.97 Å². The zero-order chi connectivity index (χ0) is 20.4. The number of pyridine rings is 1. The van der Waals surface area contributed by atoms with Crippen LogP contribution in [0.1, 0.15) is 43.5 Å². The van der Waals surface area contributed by atoms with Crippen molar-refractivity contribution < 1.29 is 24.6 Å². The first-order valence-electron chi connectivity index (χ1n) is 9.33. The van der Waals surface area contributed by atoms with Gasteiger partial charge in [-0.25, -0.2) is 4.79 Å². The molecule has 0 spiro atoms. The molecule has 1 saturated carbocycles. The van der Waals surface area contributed by atoms with E-state index in [-0.39, 0.29) is 17.7 Å². The zero-order valence-corrected chi connectivity index (χ0v) is 15.8. The molecule has 0 bridgehead atoms. The number of amides is 1. The summed E-state index contributed by atoms with van der Waals surface area (Å²) in [6, 6.07) is 5.38. The average molecular weight is 388 g/mol. The number of hydrogen-bond acceptors (Lipinski definition) is 5. The summed E-state index contributed by atoms with van der Waals surface area (Å²) < 4.78 is 1.01. The lowest BCUT2D eigenvalue weighted by molar-refractivity contribution is -0.139. The second-order valence-corrected chi connectivity index (χ2v) is 7.57. The predicted octanol–water partition coefficient (Wildman–Crippen LogP) is 1.77. The predicted molar refractivity (Wildman–Crippen MR) is 102 cm³/mol. The SMILES string of the molecule is CC(C)CC(NC(=O)c1c(O)c2ccccc2n(OCC2CC2)c1=O)C(=O)O. The Morgan fingerprint density at radius 2 is 1.96 bits per heavy atom. The second-order valence-electron chi connectivity index (χ2n) is 7.57. The van der Waals surface area contributed by atoms with E-state index in [1.54, 1.807) is 24.3 Å². The average Bonchev–Trinajstić information content (AvgIpc) is 3.45. The van der Waals surface area contributed by atoms with Crippen LogP contribution in [0.25, 0.3) is 10.9 Å². The molecule has 8 heteroatoms. The Bertz CT molecular complexity index is 961. The third-order valence-electron chi connectivity index (χ3n) is 4.69. The molecule has 0 radical (unpaired) electrons. The summed E-state index contributed by atoms with van der Waals surface area (Å²) in [5.41, 5.74) is -0.994. The minimum Gasteiger partial charge on any atom is -0.506 e. The van der Waals surface area contributed by atoms with E-state index in [1.165, 1.54) is 0 Å². The first kappa shape index (κ1) is 19.7. The molecule has 1 amide bonds. The van der Waals surface area contributed by atoms with Crippen molar-refractivity contribution >= 4 is 22.8 Å². The molecular formula is C20H24N2O6. The summed E-state index contributed by atoms with van der Waals surface area (Å²) in [4.78, 5) is 42.7.